The molecule has 2 rings (SSSR count). The lowest BCUT2D eigenvalue weighted by atomic mass is 9.98. The average Bonchev–Trinajstić information content (AvgIpc) is 2.39. The summed E-state index contributed by atoms with van der Waals surface area (Å²) < 4.78 is 8.74. The van der Waals surface area contributed by atoms with E-state index < -0.39 is 8.25 Å². The molecule has 0 amide bonds. The summed E-state index contributed by atoms with van der Waals surface area (Å²) in [5, 5.41) is 0. The van der Waals surface area contributed by atoms with E-state index in [4.69, 9.17) is 14.4 Å². The third-order valence-electron chi connectivity index (χ3n) is 2.48. The van der Waals surface area contributed by atoms with Gasteiger partial charge in [-0.1, -0.05) is 61.5 Å². The molecule has 0 atom stereocenters. The Morgan fingerprint density at radius 3 is 2.00 bits per heavy atom. The number of hydrogen-bond acceptors (Lipinski definition) is 1. The molecule has 0 saturated heterocycles. The summed E-state index contributed by atoms with van der Waals surface area (Å²) in [5.74, 6) is 0. The number of hydrogen-bond donors (Lipinski definition) is 2. The Balaban J connectivity index is 0.000000357. The van der Waals surface area contributed by atoms with Gasteiger partial charge in [0.05, 0.1) is 0 Å². The second-order valence-corrected chi connectivity index (χ2v) is 4.22. The summed E-state index contributed by atoms with van der Waals surface area (Å²) in [6, 6.07) is 19.1. The Bertz CT molecular complexity index is 493. The maximum Gasteiger partial charge on any atom is 0.314 e. The lowest BCUT2D eigenvalue weighted by Gasteiger charge is -2.06. The van der Waals surface area contributed by atoms with Crippen LogP contribution in [0.4, 0.5) is 0 Å². The first kappa shape index (κ1) is 14.7. The summed E-state index contributed by atoms with van der Waals surface area (Å²) >= 11 is 0. The fourth-order valence-corrected chi connectivity index (χ4v) is 1.73. The highest BCUT2D eigenvalue weighted by Crippen LogP contribution is 2.23. The molecule has 2 N–H and O–H groups in total. The van der Waals surface area contributed by atoms with Crippen molar-refractivity contribution in [2.75, 3.05) is 0 Å². The SMILES string of the molecule is CCc1ccccc1-c1ccccc1.O=[PH](O)O. The van der Waals surface area contributed by atoms with Gasteiger partial charge in [-0.2, -0.15) is 0 Å². The van der Waals surface area contributed by atoms with Crippen LogP contribution in [0, 0.1) is 0 Å². The van der Waals surface area contributed by atoms with Gasteiger partial charge in [-0.3, -0.25) is 4.57 Å². The van der Waals surface area contributed by atoms with Crippen LogP contribution in [0.1, 0.15) is 12.5 Å². The number of rotatable bonds is 2. The molecule has 2 aromatic carbocycles. The van der Waals surface area contributed by atoms with Gasteiger partial charge in [0.1, 0.15) is 0 Å². The summed E-state index contributed by atoms with van der Waals surface area (Å²) in [6.45, 7) is 2.20. The maximum absolute atomic E-state index is 8.74. The topological polar surface area (TPSA) is 57.5 Å². The lowest BCUT2D eigenvalue weighted by molar-refractivity contribution is 0.405. The molecule has 0 fully saturated rings. The van der Waals surface area contributed by atoms with E-state index in [0.717, 1.165) is 6.42 Å². The van der Waals surface area contributed by atoms with Crippen LogP contribution >= 0.6 is 8.25 Å². The van der Waals surface area contributed by atoms with Gasteiger partial charge in [0.15, 0.2) is 0 Å². The molecule has 0 aromatic heterocycles. The van der Waals surface area contributed by atoms with E-state index in [1.807, 2.05) is 0 Å². The normalized spacial score (nSPS) is 9.78. The quantitative estimate of drug-likeness (QED) is 0.818. The van der Waals surface area contributed by atoms with Crippen LogP contribution in [0.2, 0.25) is 0 Å². The lowest BCUT2D eigenvalue weighted by Crippen LogP contribution is -1.85. The smallest absolute Gasteiger partial charge is 0.314 e. The van der Waals surface area contributed by atoms with Crippen LogP contribution in [-0.2, 0) is 11.0 Å². The maximum atomic E-state index is 8.74. The van der Waals surface area contributed by atoms with E-state index in [1.54, 1.807) is 0 Å². The largest absolute Gasteiger partial charge is 0.326 e. The van der Waals surface area contributed by atoms with Gasteiger partial charge in [-0.25, -0.2) is 0 Å². The van der Waals surface area contributed by atoms with Gasteiger partial charge >= 0.3 is 8.25 Å². The zero-order valence-corrected chi connectivity index (χ0v) is 11.2. The van der Waals surface area contributed by atoms with Crippen molar-refractivity contribution >= 4 is 8.25 Å². The minimum absolute atomic E-state index is 1.09. The molecule has 0 spiro atoms. The molecule has 0 heterocycles. The molecule has 3 nitrogen and oxygen atoms in total. The van der Waals surface area contributed by atoms with Crippen LogP contribution < -0.4 is 0 Å². The summed E-state index contributed by atoms with van der Waals surface area (Å²) in [6.07, 6.45) is 1.09. The van der Waals surface area contributed by atoms with Gasteiger partial charge < -0.3 is 9.79 Å². The summed E-state index contributed by atoms with van der Waals surface area (Å²) in [7, 11) is -3.13. The van der Waals surface area contributed by atoms with Crippen molar-refractivity contribution < 1.29 is 14.4 Å². The second kappa shape index (κ2) is 7.83. The number of benzene rings is 2. The van der Waals surface area contributed by atoms with E-state index in [-0.39, 0.29) is 0 Å². The molecule has 4 heteroatoms. The van der Waals surface area contributed by atoms with Crippen LogP contribution in [0.3, 0.4) is 0 Å². The summed E-state index contributed by atoms with van der Waals surface area (Å²) in [4.78, 5) is 14.3. The Morgan fingerprint density at radius 1 is 0.944 bits per heavy atom. The van der Waals surface area contributed by atoms with Gasteiger partial charge in [-0.15, -0.1) is 0 Å². The van der Waals surface area contributed by atoms with Crippen LogP contribution in [0.5, 0.6) is 0 Å². The van der Waals surface area contributed by atoms with Crippen molar-refractivity contribution in [1.82, 2.24) is 0 Å². The van der Waals surface area contributed by atoms with Crippen LogP contribution in [0.25, 0.3) is 11.1 Å². The molecule has 0 aliphatic carbocycles. The zero-order chi connectivity index (χ0) is 13.4. The van der Waals surface area contributed by atoms with E-state index in [0.29, 0.717) is 0 Å². The van der Waals surface area contributed by atoms with Crippen molar-refractivity contribution in [3.63, 3.8) is 0 Å². The van der Waals surface area contributed by atoms with Crippen molar-refractivity contribution in [1.29, 1.82) is 0 Å². The fourth-order valence-electron chi connectivity index (χ4n) is 1.73. The van der Waals surface area contributed by atoms with Gasteiger partial charge in [0, 0.05) is 0 Å². The molecule has 0 aliphatic heterocycles. The van der Waals surface area contributed by atoms with Gasteiger partial charge in [0.2, 0.25) is 0 Å². The Labute approximate surface area is 108 Å². The van der Waals surface area contributed by atoms with Gasteiger partial charge in [0.25, 0.3) is 0 Å². The fraction of sp³-hybridized carbons (Fsp3) is 0.143. The molecule has 18 heavy (non-hydrogen) atoms. The Kier molecular flexibility index (Phi) is 6.37. The third-order valence-corrected chi connectivity index (χ3v) is 2.48. The highest BCUT2D eigenvalue weighted by atomic mass is 31.1. The first-order valence-electron chi connectivity index (χ1n) is 5.70. The van der Waals surface area contributed by atoms with Crippen molar-refractivity contribution in [3.05, 3.63) is 60.2 Å². The molecule has 2 aromatic rings. The Morgan fingerprint density at radius 2 is 1.44 bits per heavy atom. The Hall–Kier alpha value is -1.41. The van der Waals surface area contributed by atoms with Crippen molar-refractivity contribution in [2.45, 2.75) is 13.3 Å². The zero-order valence-electron chi connectivity index (χ0n) is 10.2. The molecular formula is C14H17O3P. The van der Waals surface area contributed by atoms with E-state index >= 15 is 0 Å². The molecule has 0 aliphatic rings. The van der Waals surface area contributed by atoms with E-state index in [2.05, 4.69) is 61.5 Å². The minimum atomic E-state index is -3.13. The second-order valence-electron chi connectivity index (χ2n) is 3.66. The van der Waals surface area contributed by atoms with Crippen molar-refractivity contribution in [3.8, 4) is 11.1 Å². The van der Waals surface area contributed by atoms with Crippen LogP contribution in [0.15, 0.2) is 54.6 Å². The molecule has 0 unspecified atom stereocenters. The van der Waals surface area contributed by atoms with E-state index in [1.165, 1.54) is 16.7 Å². The molecular weight excluding hydrogens is 247 g/mol. The predicted molar refractivity (Wildman–Crippen MR) is 74.7 cm³/mol. The molecule has 96 valence electrons. The minimum Gasteiger partial charge on any atom is -0.326 e. The predicted octanol–water partition coefficient (Wildman–Crippen LogP) is 3.28. The van der Waals surface area contributed by atoms with Crippen LogP contribution in [-0.4, -0.2) is 9.79 Å². The molecule has 0 radical (unpaired) electrons. The molecule has 0 bridgehead atoms. The number of aryl methyl sites for hydroxylation is 1. The highest BCUT2D eigenvalue weighted by Gasteiger charge is 2.00. The third kappa shape index (κ3) is 4.84. The standard InChI is InChI=1S/C14H14.H3O3P/c1-2-12-8-6-7-11-14(12)13-9-4-3-5-10-13;1-4(2)3/h3-11H,2H2,1H3;4H,(H2,1,2,3). The van der Waals surface area contributed by atoms with Gasteiger partial charge in [-0.05, 0) is 23.1 Å². The summed E-state index contributed by atoms with van der Waals surface area (Å²) in [5.41, 5.74) is 4.08. The first-order chi connectivity index (χ1) is 8.65. The average molecular weight is 264 g/mol. The first-order valence-corrected chi connectivity index (χ1v) is 7.00. The monoisotopic (exact) mass is 264 g/mol. The molecule has 0 saturated carbocycles. The van der Waals surface area contributed by atoms with Crippen molar-refractivity contribution in [2.24, 2.45) is 0 Å². The van der Waals surface area contributed by atoms with E-state index in [9.17, 15) is 0 Å². The highest BCUT2D eigenvalue weighted by molar-refractivity contribution is 7.30.